The maximum absolute atomic E-state index is 12.2. The maximum atomic E-state index is 12.2. The van der Waals surface area contributed by atoms with Crippen LogP contribution < -0.4 is 0 Å². The molecule has 1 amide bonds. The Morgan fingerprint density at radius 1 is 1.59 bits per heavy atom. The van der Waals surface area contributed by atoms with Crippen molar-refractivity contribution in [3.8, 4) is 0 Å². The van der Waals surface area contributed by atoms with Crippen LogP contribution >= 0.6 is 11.6 Å². The number of hydrogen-bond acceptors (Lipinski definition) is 3. The minimum atomic E-state index is -0.124. The molecule has 0 aliphatic heterocycles. The molecule has 1 N–H and O–H groups in total. The van der Waals surface area contributed by atoms with Gasteiger partial charge in [-0.1, -0.05) is 11.6 Å². The van der Waals surface area contributed by atoms with Crippen LogP contribution in [0.4, 0.5) is 0 Å². The fraction of sp³-hybridized carbons (Fsp3) is 0.500. The van der Waals surface area contributed by atoms with E-state index >= 15 is 0 Å². The van der Waals surface area contributed by atoms with Crippen LogP contribution in [-0.2, 0) is 0 Å². The summed E-state index contributed by atoms with van der Waals surface area (Å²) in [6.07, 6.45) is 3.57. The molecule has 0 saturated heterocycles. The average Bonchev–Trinajstić information content (AvgIpc) is 2.29. The van der Waals surface area contributed by atoms with Gasteiger partial charge in [-0.2, -0.15) is 0 Å². The Balaban J connectivity index is 2.88. The second-order valence-electron chi connectivity index (χ2n) is 4.02. The number of aliphatic hydroxyl groups is 1. The van der Waals surface area contributed by atoms with Crippen LogP contribution in [0.1, 0.15) is 30.6 Å². The van der Waals surface area contributed by atoms with E-state index in [9.17, 15) is 4.79 Å². The summed E-state index contributed by atoms with van der Waals surface area (Å²) in [7, 11) is 0. The van der Waals surface area contributed by atoms with Gasteiger partial charge >= 0.3 is 0 Å². The lowest BCUT2D eigenvalue weighted by molar-refractivity contribution is 0.0693. The van der Waals surface area contributed by atoms with Crippen molar-refractivity contribution >= 4 is 17.5 Å². The number of rotatable bonds is 5. The summed E-state index contributed by atoms with van der Waals surface area (Å²) in [5.74, 6) is -0.124. The Hall–Kier alpha value is -1.13. The molecule has 0 aromatic carbocycles. The van der Waals surface area contributed by atoms with Crippen molar-refractivity contribution in [1.82, 2.24) is 9.88 Å². The second-order valence-corrected chi connectivity index (χ2v) is 4.43. The third kappa shape index (κ3) is 3.68. The van der Waals surface area contributed by atoms with E-state index in [1.165, 1.54) is 6.20 Å². The Morgan fingerprint density at radius 3 is 2.82 bits per heavy atom. The number of pyridine rings is 1. The van der Waals surface area contributed by atoms with Crippen LogP contribution in [0.5, 0.6) is 0 Å². The molecule has 0 aliphatic rings. The van der Waals surface area contributed by atoms with Crippen molar-refractivity contribution in [3.05, 3.63) is 29.0 Å². The number of aromatic nitrogens is 1. The molecule has 4 nitrogen and oxygen atoms in total. The Kier molecular flexibility index (Phi) is 5.38. The Bertz CT molecular complexity index is 383. The highest BCUT2D eigenvalue weighted by Crippen LogP contribution is 2.17. The van der Waals surface area contributed by atoms with E-state index in [1.807, 2.05) is 13.8 Å². The molecule has 94 valence electrons. The van der Waals surface area contributed by atoms with Gasteiger partial charge in [0.2, 0.25) is 0 Å². The molecule has 1 aromatic heterocycles. The highest BCUT2D eigenvalue weighted by Gasteiger charge is 2.20. The van der Waals surface area contributed by atoms with Crippen LogP contribution in [0.2, 0.25) is 5.02 Å². The predicted molar refractivity (Wildman–Crippen MR) is 67.1 cm³/mol. The maximum Gasteiger partial charge on any atom is 0.255 e. The third-order valence-electron chi connectivity index (χ3n) is 2.44. The number of nitrogens with zero attached hydrogens (tertiary/aromatic N) is 2. The molecule has 0 atom stereocenters. The molecule has 0 radical (unpaired) electrons. The van der Waals surface area contributed by atoms with Gasteiger partial charge in [-0.3, -0.25) is 9.78 Å². The van der Waals surface area contributed by atoms with Crippen molar-refractivity contribution in [3.63, 3.8) is 0 Å². The summed E-state index contributed by atoms with van der Waals surface area (Å²) < 4.78 is 0. The van der Waals surface area contributed by atoms with Gasteiger partial charge in [0.05, 0.1) is 10.6 Å². The van der Waals surface area contributed by atoms with E-state index in [0.29, 0.717) is 23.6 Å². The molecule has 0 spiro atoms. The average molecular weight is 257 g/mol. The van der Waals surface area contributed by atoms with Crippen molar-refractivity contribution in [2.24, 2.45) is 0 Å². The van der Waals surface area contributed by atoms with Crippen LogP contribution in [-0.4, -0.2) is 40.1 Å². The van der Waals surface area contributed by atoms with E-state index in [-0.39, 0.29) is 18.6 Å². The largest absolute Gasteiger partial charge is 0.396 e. The normalized spacial score (nSPS) is 10.6. The first-order chi connectivity index (χ1) is 8.07. The lowest BCUT2D eigenvalue weighted by atomic mass is 10.2. The number of carbonyl (C=O) groups is 1. The number of carbonyl (C=O) groups excluding carboxylic acids is 1. The summed E-state index contributed by atoms with van der Waals surface area (Å²) in [4.78, 5) is 17.8. The molecule has 1 heterocycles. The van der Waals surface area contributed by atoms with E-state index in [2.05, 4.69) is 4.98 Å². The topological polar surface area (TPSA) is 53.4 Å². The molecule has 17 heavy (non-hydrogen) atoms. The van der Waals surface area contributed by atoms with Gasteiger partial charge in [0, 0.05) is 31.6 Å². The van der Waals surface area contributed by atoms with Gasteiger partial charge in [-0.25, -0.2) is 0 Å². The monoisotopic (exact) mass is 256 g/mol. The van der Waals surface area contributed by atoms with Crippen molar-refractivity contribution in [1.29, 1.82) is 0 Å². The molecule has 0 saturated carbocycles. The third-order valence-corrected chi connectivity index (χ3v) is 2.75. The van der Waals surface area contributed by atoms with Crippen LogP contribution in [0.15, 0.2) is 18.5 Å². The zero-order chi connectivity index (χ0) is 12.8. The van der Waals surface area contributed by atoms with Crippen molar-refractivity contribution in [2.45, 2.75) is 26.3 Å². The molecule has 5 heteroatoms. The summed E-state index contributed by atoms with van der Waals surface area (Å²) >= 11 is 5.94. The number of aliphatic hydroxyl groups excluding tert-OH is 1. The van der Waals surface area contributed by atoms with Crippen molar-refractivity contribution < 1.29 is 9.90 Å². The fourth-order valence-electron chi connectivity index (χ4n) is 1.54. The van der Waals surface area contributed by atoms with E-state index in [4.69, 9.17) is 16.7 Å². The van der Waals surface area contributed by atoms with E-state index < -0.39 is 0 Å². The Labute approximate surface area is 106 Å². The van der Waals surface area contributed by atoms with Crippen LogP contribution in [0, 0.1) is 0 Å². The van der Waals surface area contributed by atoms with E-state index in [1.54, 1.807) is 17.2 Å². The highest BCUT2D eigenvalue weighted by molar-refractivity contribution is 6.33. The quantitative estimate of drug-likeness (QED) is 0.876. The van der Waals surface area contributed by atoms with Gasteiger partial charge in [0.1, 0.15) is 0 Å². The molecular formula is C12H17ClN2O2. The van der Waals surface area contributed by atoms with Crippen LogP contribution in [0.25, 0.3) is 0 Å². The number of hydrogen-bond donors (Lipinski definition) is 1. The van der Waals surface area contributed by atoms with Gasteiger partial charge < -0.3 is 10.0 Å². The fourth-order valence-corrected chi connectivity index (χ4v) is 1.74. The zero-order valence-electron chi connectivity index (χ0n) is 10.1. The summed E-state index contributed by atoms with van der Waals surface area (Å²) in [6, 6.07) is 1.68. The Morgan fingerprint density at radius 2 is 2.29 bits per heavy atom. The van der Waals surface area contributed by atoms with Gasteiger partial charge in [0.15, 0.2) is 0 Å². The lowest BCUT2D eigenvalue weighted by Crippen LogP contribution is -2.38. The molecule has 0 aliphatic carbocycles. The summed E-state index contributed by atoms with van der Waals surface area (Å²) in [5.41, 5.74) is 0.452. The van der Waals surface area contributed by atoms with Gasteiger partial charge in [0.25, 0.3) is 5.91 Å². The standard InChI is InChI=1S/C12H17ClN2O2/c1-9(2)15(6-3-7-16)12(17)10-4-5-14-8-11(10)13/h4-5,8-9,16H,3,6-7H2,1-2H3. The molecule has 1 rings (SSSR count). The molecule has 0 bridgehead atoms. The van der Waals surface area contributed by atoms with E-state index in [0.717, 1.165) is 0 Å². The summed E-state index contributed by atoms with van der Waals surface area (Å²) in [5, 5.41) is 9.18. The zero-order valence-corrected chi connectivity index (χ0v) is 10.8. The molecule has 0 fully saturated rings. The predicted octanol–water partition coefficient (Wildman–Crippen LogP) is 1.97. The number of amides is 1. The first-order valence-electron chi connectivity index (χ1n) is 5.59. The molecular weight excluding hydrogens is 240 g/mol. The van der Waals surface area contributed by atoms with Crippen molar-refractivity contribution in [2.75, 3.05) is 13.2 Å². The first kappa shape index (κ1) is 13.9. The van der Waals surface area contributed by atoms with Gasteiger partial charge in [-0.15, -0.1) is 0 Å². The molecule has 0 unspecified atom stereocenters. The van der Waals surface area contributed by atoms with Crippen LogP contribution in [0.3, 0.4) is 0 Å². The highest BCUT2D eigenvalue weighted by atomic mass is 35.5. The number of halogens is 1. The summed E-state index contributed by atoms with van der Waals surface area (Å²) in [6.45, 7) is 4.46. The first-order valence-corrected chi connectivity index (χ1v) is 5.97. The smallest absolute Gasteiger partial charge is 0.255 e. The lowest BCUT2D eigenvalue weighted by Gasteiger charge is -2.26. The minimum absolute atomic E-state index is 0.0679. The second kappa shape index (κ2) is 6.57. The SMILES string of the molecule is CC(C)N(CCCO)C(=O)c1ccncc1Cl. The van der Waals surface area contributed by atoms with Gasteiger partial charge in [-0.05, 0) is 26.3 Å². The minimum Gasteiger partial charge on any atom is -0.396 e. The molecule has 1 aromatic rings.